The van der Waals surface area contributed by atoms with E-state index in [4.69, 9.17) is 0 Å². The third-order valence-electron chi connectivity index (χ3n) is 2.52. The van der Waals surface area contributed by atoms with Crippen molar-refractivity contribution in [2.24, 2.45) is 5.92 Å². The average Bonchev–Trinajstić information content (AvgIpc) is 3.04. The Kier molecular flexibility index (Phi) is 3.05. The van der Waals surface area contributed by atoms with Crippen LogP contribution in [-0.2, 0) is 11.2 Å². The second-order valence-corrected chi connectivity index (χ2v) is 4.65. The molecular weight excluding hydrogens is 258 g/mol. The second-order valence-electron chi connectivity index (χ2n) is 3.79. The van der Waals surface area contributed by atoms with Gasteiger partial charge in [-0.15, -0.1) is 0 Å². The Labute approximate surface area is 97.0 Å². The first kappa shape index (κ1) is 10.6. The first-order chi connectivity index (χ1) is 7.20. The van der Waals surface area contributed by atoms with E-state index in [1.165, 1.54) is 20.0 Å². The number of halogens is 1. The molecule has 0 spiro atoms. The van der Waals surface area contributed by atoms with Gasteiger partial charge in [-0.25, -0.2) is 4.79 Å². The third kappa shape index (κ3) is 2.56. The Morgan fingerprint density at radius 1 is 1.67 bits per heavy atom. The summed E-state index contributed by atoms with van der Waals surface area (Å²) in [5, 5.41) is 0. The van der Waals surface area contributed by atoms with Crippen molar-refractivity contribution in [2.75, 3.05) is 7.11 Å². The Morgan fingerprint density at radius 3 is 2.93 bits per heavy atom. The molecular formula is C11H12BrNO2. The number of nitrogens with zero attached hydrogens (tertiary/aromatic N) is 1. The second kappa shape index (κ2) is 4.31. The SMILES string of the molecule is COC(=O)c1cnc(CC2CC2)c(Br)c1. The molecule has 1 aromatic heterocycles. The van der Waals surface area contributed by atoms with Gasteiger partial charge >= 0.3 is 5.97 Å². The zero-order chi connectivity index (χ0) is 10.8. The maximum absolute atomic E-state index is 11.2. The van der Waals surface area contributed by atoms with Crippen LogP contribution in [0.4, 0.5) is 0 Å². The van der Waals surface area contributed by atoms with Crippen LogP contribution in [0, 0.1) is 5.92 Å². The van der Waals surface area contributed by atoms with E-state index >= 15 is 0 Å². The lowest BCUT2D eigenvalue weighted by atomic mass is 10.2. The summed E-state index contributed by atoms with van der Waals surface area (Å²) >= 11 is 3.43. The Morgan fingerprint density at radius 2 is 2.40 bits per heavy atom. The molecule has 80 valence electrons. The van der Waals surface area contributed by atoms with Crippen molar-refractivity contribution in [3.63, 3.8) is 0 Å². The number of rotatable bonds is 3. The molecule has 3 nitrogen and oxygen atoms in total. The number of carbonyl (C=O) groups excluding carboxylic acids is 1. The van der Waals surface area contributed by atoms with Gasteiger partial charge in [-0.1, -0.05) is 0 Å². The summed E-state index contributed by atoms with van der Waals surface area (Å²) in [4.78, 5) is 15.5. The van der Waals surface area contributed by atoms with Crippen molar-refractivity contribution >= 4 is 21.9 Å². The van der Waals surface area contributed by atoms with Gasteiger partial charge in [0.25, 0.3) is 0 Å². The number of ether oxygens (including phenoxy) is 1. The minimum atomic E-state index is -0.346. The summed E-state index contributed by atoms with van der Waals surface area (Å²) in [6.07, 6.45) is 5.18. The van der Waals surface area contributed by atoms with Gasteiger partial charge in [0.2, 0.25) is 0 Å². The van der Waals surface area contributed by atoms with E-state index in [9.17, 15) is 4.79 Å². The van der Waals surface area contributed by atoms with Crippen LogP contribution in [0.15, 0.2) is 16.7 Å². The molecule has 4 heteroatoms. The molecule has 1 aliphatic rings. The molecule has 0 unspecified atom stereocenters. The number of hydrogen-bond donors (Lipinski definition) is 0. The van der Waals surface area contributed by atoms with Crippen LogP contribution in [0.25, 0.3) is 0 Å². The lowest BCUT2D eigenvalue weighted by Crippen LogP contribution is -2.04. The van der Waals surface area contributed by atoms with Crippen LogP contribution in [0.5, 0.6) is 0 Å². The molecule has 1 aromatic rings. The van der Waals surface area contributed by atoms with Crippen LogP contribution < -0.4 is 0 Å². The summed E-state index contributed by atoms with van der Waals surface area (Å²) < 4.78 is 5.53. The van der Waals surface area contributed by atoms with Gasteiger partial charge < -0.3 is 4.74 Å². The molecule has 0 atom stereocenters. The molecule has 0 amide bonds. The fourth-order valence-electron chi connectivity index (χ4n) is 1.44. The van der Waals surface area contributed by atoms with E-state index in [-0.39, 0.29) is 5.97 Å². The van der Waals surface area contributed by atoms with E-state index in [1.807, 2.05) is 0 Å². The zero-order valence-electron chi connectivity index (χ0n) is 8.50. The van der Waals surface area contributed by atoms with Gasteiger partial charge in [0, 0.05) is 10.7 Å². The number of methoxy groups -OCH3 is 1. The monoisotopic (exact) mass is 269 g/mol. The Balaban J connectivity index is 2.17. The Bertz CT molecular complexity index is 388. The lowest BCUT2D eigenvalue weighted by Gasteiger charge is -2.04. The molecule has 1 fully saturated rings. The highest BCUT2D eigenvalue weighted by Gasteiger charge is 2.23. The largest absolute Gasteiger partial charge is 0.465 e. The summed E-state index contributed by atoms with van der Waals surface area (Å²) in [6, 6.07) is 1.77. The molecule has 15 heavy (non-hydrogen) atoms. The van der Waals surface area contributed by atoms with Crippen molar-refractivity contribution in [1.82, 2.24) is 4.98 Å². The highest BCUT2D eigenvalue weighted by molar-refractivity contribution is 9.10. The number of pyridine rings is 1. The molecule has 0 saturated heterocycles. The van der Waals surface area contributed by atoms with Gasteiger partial charge in [-0.3, -0.25) is 4.98 Å². The van der Waals surface area contributed by atoms with E-state index in [2.05, 4.69) is 25.7 Å². The molecule has 0 aromatic carbocycles. The normalized spacial score (nSPS) is 15.1. The van der Waals surface area contributed by atoms with Gasteiger partial charge in [0.1, 0.15) is 0 Å². The molecule has 1 aliphatic carbocycles. The molecule has 1 saturated carbocycles. The van der Waals surface area contributed by atoms with Gasteiger partial charge in [0.05, 0.1) is 18.4 Å². The number of hydrogen-bond acceptors (Lipinski definition) is 3. The molecule has 0 radical (unpaired) electrons. The average molecular weight is 270 g/mol. The van der Waals surface area contributed by atoms with Gasteiger partial charge in [0.15, 0.2) is 0 Å². The van der Waals surface area contributed by atoms with E-state index < -0.39 is 0 Å². The topological polar surface area (TPSA) is 39.2 Å². The van der Waals surface area contributed by atoms with Gasteiger partial charge in [-0.2, -0.15) is 0 Å². The summed E-state index contributed by atoms with van der Waals surface area (Å²) in [6.45, 7) is 0. The molecule has 0 aliphatic heterocycles. The highest BCUT2D eigenvalue weighted by atomic mass is 79.9. The number of esters is 1. The standard InChI is InChI=1S/C11H12BrNO2/c1-15-11(14)8-5-9(12)10(13-6-8)4-7-2-3-7/h5-7H,2-4H2,1H3. The minimum Gasteiger partial charge on any atom is -0.465 e. The van der Waals surface area contributed by atoms with Crippen LogP contribution in [0.1, 0.15) is 28.9 Å². The predicted octanol–water partition coefficient (Wildman–Crippen LogP) is 2.58. The number of carbonyl (C=O) groups is 1. The van der Waals surface area contributed by atoms with Crippen LogP contribution in [0.3, 0.4) is 0 Å². The fraction of sp³-hybridized carbons (Fsp3) is 0.455. The summed E-state index contributed by atoms with van der Waals surface area (Å²) in [5.74, 6) is 0.443. The molecule has 0 bridgehead atoms. The fourth-order valence-corrected chi connectivity index (χ4v) is 1.95. The zero-order valence-corrected chi connectivity index (χ0v) is 10.1. The Hall–Kier alpha value is -0.900. The van der Waals surface area contributed by atoms with Crippen molar-refractivity contribution in [3.05, 3.63) is 28.0 Å². The van der Waals surface area contributed by atoms with Crippen LogP contribution >= 0.6 is 15.9 Å². The highest BCUT2D eigenvalue weighted by Crippen LogP contribution is 2.33. The first-order valence-corrected chi connectivity index (χ1v) is 5.72. The van der Waals surface area contributed by atoms with Crippen LogP contribution in [0.2, 0.25) is 0 Å². The van der Waals surface area contributed by atoms with Crippen molar-refractivity contribution < 1.29 is 9.53 Å². The number of aromatic nitrogens is 1. The maximum atomic E-state index is 11.2. The molecule has 1 heterocycles. The van der Waals surface area contributed by atoms with Crippen molar-refractivity contribution in [1.29, 1.82) is 0 Å². The van der Waals surface area contributed by atoms with Crippen LogP contribution in [-0.4, -0.2) is 18.1 Å². The van der Waals surface area contributed by atoms with E-state index in [0.29, 0.717) is 5.56 Å². The van der Waals surface area contributed by atoms with Gasteiger partial charge in [-0.05, 0) is 47.2 Å². The predicted molar refractivity (Wildman–Crippen MR) is 59.7 cm³/mol. The summed E-state index contributed by atoms with van der Waals surface area (Å²) in [7, 11) is 1.37. The summed E-state index contributed by atoms with van der Waals surface area (Å²) in [5.41, 5.74) is 1.52. The molecule has 0 N–H and O–H groups in total. The lowest BCUT2D eigenvalue weighted by molar-refractivity contribution is 0.0600. The van der Waals surface area contributed by atoms with Crippen molar-refractivity contribution in [2.45, 2.75) is 19.3 Å². The quantitative estimate of drug-likeness (QED) is 0.792. The molecule has 2 rings (SSSR count). The minimum absolute atomic E-state index is 0.346. The van der Waals surface area contributed by atoms with Crippen molar-refractivity contribution in [3.8, 4) is 0 Å². The van der Waals surface area contributed by atoms with E-state index in [0.717, 1.165) is 22.5 Å². The van der Waals surface area contributed by atoms with E-state index in [1.54, 1.807) is 12.3 Å². The first-order valence-electron chi connectivity index (χ1n) is 4.93. The maximum Gasteiger partial charge on any atom is 0.339 e. The third-order valence-corrected chi connectivity index (χ3v) is 3.20. The smallest absolute Gasteiger partial charge is 0.339 e.